The summed E-state index contributed by atoms with van der Waals surface area (Å²) in [6.07, 6.45) is 1.70. The molecular weight excluding hydrogens is 398 g/mol. The molecule has 2 heterocycles. The second-order valence-electron chi connectivity index (χ2n) is 7.52. The van der Waals surface area contributed by atoms with E-state index in [1.54, 1.807) is 6.20 Å². The van der Waals surface area contributed by atoms with Crippen LogP contribution in [0.4, 0.5) is 11.4 Å². The van der Waals surface area contributed by atoms with Crippen molar-refractivity contribution in [1.82, 2.24) is 15.0 Å². The molecule has 0 N–H and O–H groups in total. The van der Waals surface area contributed by atoms with Crippen molar-refractivity contribution >= 4 is 22.5 Å². The summed E-state index contributed by atoms with van der Waals surface area (Å²) in [5.41, 5.74) is 4.86. The van der Waals surface area contributed by atoms with Crippen LogP contribution in [-0.2, 0) is 0 Å². The van der Waals surface area contributed by atoms with Crippen LogP contribution in [0.1, 0.15) is 11.3 Å². The third-order valence-corrected chi connectivity index (χ3v) is 4.98. The summed E-state index contributed by atoms with van der Waals surface area (Å²) in [6.45, 7) is 1.16. The van der Waals surface area contributed by atoms with Crippen LogP contribution >= 0.6 is 0 Å². The Hall–Kier alpha value is -4.11. The molecule has 4 aromatic rings. The van der Waals surface area contributed by atoms with Crippen LogP contribution in [0.3, 0.4) is 0 Å². The van der Waals surface area contributed by atoms with Crippen molar-refractivity contribution in [2.24, 2.45) is 0 Å². The van der Waals surface area contributed by atoms with Crippen molar-refractivity contribution in [3.8, 4) is 17.7 Å². The maximum Gasteiger partial charge on any atom is 0.249 e. The first-order chi connectivity index (χ1) is 15.6. The molecule has 0 bridgehead atoms. The molecule has 6 heteroatoms. The van der Waals surface area contributed by atoms with Crippen LogP contribution in [0.15, 0.2) is 72.9 Å². The average Bonchev–Trinajstić information content (AvgIpc) is 2.83. The van der Waals surface area contributed by atoms with Gasteiger partial charge in [-0.25, -0.2) is 15.0 Å². The molecule has 0 atom stereocenters. The fraction of sp³-hybridized carbons (Fsp3) is 0.192. The van der Waals surface area contributed by atoms with Crippen molar-refractivity contribution in [1.29, 1.82) is 0 Å². The van der Waals surface area contributed by atoms with Crippen LogP contribution in [0.5, 0.6) is 5.88 Å². The van der Waals surface area contributed by atoms with Gasteiger partial charge in [0.25, 0.3) is 0 Å². The molecule has 2 aromatic carbocycles. The standard InChI is InChI=1S/C26H25N5O/c1-30(2)21-14-11-20(12-15-21)13-16-24-26(29-23-10-7-17-27-25(23)28-24)32-19-18-31(3)22-8-5-4-6-9-22/h4-12,14-15,17H,18-19H2,1-3H3. The zero-order chi connectivity index (χ0) is 22.3. The molecule has 32 heavy (non-hydrogen) atoms. The van der Waals surface area contributed by atoms with E-state index in [1.807, 2.05) is 75.7 Å². The van der Waals surface area contributed by atoms with Gasteiger partial charge in [0.15, 0.2) is 11.3 Å². The predicted octanol–water partition coefficient (Wildman–Crippen LogP) is 4.01. The number of para-hydroxylation sites is 1. The van der Waals surface area contributed by atoms with Crippen LogP contribution in [0, 0.1) is 11.8 Å². The van der Waals surface area contributed by atoms with E-state index in [4.69, 9.17) is 4.74 Å². The number of hydrogen-bond acceptors (Lipinski definition) is 6. The Morgan fingerprint density at radius 3 is 2.34 bits per heavy atom. The SMILES string of the molecule is CN(C)c1ccc(C#Cc2nc3ncccc3nc2OCCN(C)c2ccccc2)cc1. The van der Waals surface area contributed by atoms with Crippen LogP contribution in [-0.4, -0.2) is 49.2 Å². The van der Waals surface area contributed by atoms with Crippen molar-refractivity contribution in [3.63, 3.8) is 0 Å². The molecule has 2 aromatic heterocycles. The number of likely N-dealkylation sites (N-methyl/N-ethyl adjacent to an activating group) is 1. The molecule has 0 radical (unpaired) electrons. The van der Waals surface area contributed by atoms with Gasteiger partial charge in [0.1, 0.15) is 12.1 Å². The molecule has 0 fully saturated rings. The third kappa shape index (κ3) is 5.13. The first-order valence-electron chi connectivity index (χ1n) is 10.4. The molecule has 6 nitrogen and oxygen atoms in total. The minimum absolute atomic E-state index is 0.421. The number of fused-ring (bicyclic) bond motifs is 1. The lowest BCUT2D eigenvalue weighted by Crippen LogP contribution is -2.24. The van der Waals surface area contributed by atoms with Crippen LogP contribution < -0.4 is 14.5 Å². The zero-order valence-electron chi connectivity index (χ0n) is 18.5. The third-order valence-electron chi connectivity index (χ3n) is 4.98. The van der Waals surface area contributed by atoms with Gasteiger partial charge in [-0.05, 0) is 54.5 Å². The number of aromatic nitrogens is 3. The lowest BCUT2D eigenvalue weighted by atomic mass is 10.2. The Bertz CT molecular complexity index is 1240. The summed E-state index contributed by atoms with van der Waals surface area (Å²) in [5, 5.41) is 0. The number of anilines is 2. The van der Waals surface area contributed by atoms with Gasteiger partial charge in [-0.15, -0.1) is 0 Å². The quantitative estimate of drug-likeness (QED) is 0.437. The van der Waals surface area contributed by atoms with Gasteiger partial charge in [-0.3, -0.25) is 0 Å². The van der Waals surface area contributed by atoms with Gasteiger partial charge in [0.05, 0.1) is 6.54 Å². The van der Waals surface area contributed by atoms with E-state index in [0.29, 0.717) is 35.9 Å². The predicted molar refractivity (Wildman–Crippen MR) is 129 cm³/mol. The summed E-state index contributed by atoms with van der Waals surface area (Å²) in [6, 6.07) is 21.9. The molecule has 160 valence electrons. The molecule has 0 unspecified atom stereocenters. The molecule has 0 spiro atoms. The van der Waals surface area contributed by atoms with Crippen LogP contribution in [0.25, 0.3) is 11.2 Å². The number of benzene rings is 2. The summed E-state index contributed by atoms with van der Waals surface area (Å²) in [5.74, 6) is 6.71. The van der Waals surface area contributed by atoms with E-state index in [9.17, 15) is 0 Å². The highest BCUT2D eigenvalue weighted by Crippen LogP contribution is 2.18. The van der Waals surface area contributed by atoms with Gasteiger partial charge in [-0.1, -0.05) is 24.1 Å². The number of pyridine rings is 1. The number of hydrogen-bond donors (Lipinski definition) is 0. The Morgan fingerprint density at radius 1 is 0.812 bits per heavy atom. The van der Waals surface area contributed by atoms with Gasteiger partial charge in [0.2, 0.25) is 5.88 Å². The van der Waals surface area contributed by atoms with Crippen molar-refractivity contribution in [2.75, 3.05) is 44.1 Å². The number of rotatable bonds is 6. The monoisotopic (exact) mass is 423 g/mol. The van der Waals surface area contributed by atoms with Gasteiger partial charge in [0, 0.05) is 44.3 Å². The average molecular weight is 424 g/mol. The number of nitrogens with zero attached hydrogens (tertiary/aromatic N) is 5. The highest BCUT2D eigenvalue weighted by atomic mass is 16.5. The summed E-state index contributed by atoms with van der Waals surface area (Å²) in [7, 11) is 6.06. The molecule has 4 rings (SSSR count). The number of ether oxygens (including phenoxy) is 1. The van der Waals surface area contributed by atoms with E-state index in [0.717, 1.165) is 16.9 Å². The van der Waals surface area contributed by atoms with E-state index in [1.165, 1.54) is 0 Å². The minimum Gasteiger partial charge on any atom is -0.474 e. The highest BCUT2D eigenvalue weighted by molar-refractivity contribution is 5.71. The molecular formula is C26H25N5O. The smallest absolute Gasteiger partial charge is 0.249 e. The minimum atomic E-state index is 0.421. The van der Waals surface area contributed by atoms with Crippen molar-refractivity contribution < 1.29 is 4.74 Å². The van der Waals surface area contributed by atoms with E-state index < -0.39 is 0 Å². The Labute approximate surface area is 188 Å². The van der Waals surface area contributed by atoms with Gasteiger partial charge < -0.3 is 14.5 Å². The molecule has 0 saturated carbocycles. The van der Waals surface area contributed by atoms with Gasteiger partial charge >= 0.3 is 0 Å². The van der Waals surface area contributed by atoms with Crippen LogP contribution in [0.2, 0.25) is 0 Å². The Morgan fingerprint density at radius 2 is 1.59 bits per heavy atom. The zero-order valence-corrected chi connectivity index (χ0v) is 18.5. The Balaban J connectivity index is 1.55. The first kappa shape index (κ1) is 21.1. The fourth-order valence-corrected chi connectivity index (χ4v) is 3.13. The summed E-state index contributed by atoms with van der Waals surface area (Å²) < 4.78 is 6.02. The van der Waals surface area contributed by atoms with Crippen molar-refractivity contribution in [3.05, 3.63) is 84.2 Å². The second-order valence-corrected chi connectivity index (χ2v) is 7.52. The second kappa shape index (κ2) is 9.80. The largest absolute Gasteiger partial charge is 0.474 e. The van der Waals surface area contributed by atoms with Gasteiger partial charge in [-0.2, -0.15) is 0 Å². The maximum atomic E-state index is 6.02. The van der Waals surface area contributed by atoms with E-state index in [-0.39, 0.29) is 0 Å². The summed E-state index contributed by atoms with van der Waals surface area (Å²) >= 11 is 0. The highest BCUT2D eigenvalue weighted by Gasteiger charge is 2.10. The lowest BCUT2D eigenvalue weighted by Gasteiger charge is -2.19. The molecule has 0 saturated heterocycles. The van der Waals surface area contributed by atoms with Crippen molar-refractivity contribution in [2.45, 2.75) is 0 Å². The van der Waals surface area contributed by atoms with E-state index in [2.05, 4.69) is 48.7 Å². The first-order valence-corrected chi connectivity index (χ1v) is 10.4. The lowest BCUT2D eigenvalue weighted by molar-refractivity contribution is 0.312. The normalized spacial score (nSPS) is 10.3. The van der Waals surface area contributed by atoms with E-state index >= 15 is 0 Å². The topological polar surface area (TPSA) is 54.4 Å². The molecule has 0 aliphatic heterocycles. The summed E-state index contributed by atoms with van der Waals surface area (Å²) in [4.78, 5) is 17.7. The Kier molecular flexibility index (Phi) is 6.47. The fourth-order valence-electron chi connectivity index (χ4n) is 3.13. The molecule has 0 aliphatic carbocycles. The molecule has 0 amide bonds. The molecule has 0 aliphatic rings. The maximum absolute atomic E-state index is 6.02.